The minimum Gasteiger partial charge on any atom is -0.497 e. The van der Waals surface area contributed by atoms with Crippen molar-refractivity contribution in [1.29, 1.82) is 0 Å². The number of aliphatic imine (C=N–C) groups is 1. The van der Waals surface area contributed by atoms with Gasteiger partial charge in [-0.2, -0.15) is 0 Å². The number of benzene rings is 3. The molecule has 1 aliphatic carbocycles. The molecule has 2 aromatic heterocycles. The first-order chi connectivity index (χ1) is 33.7. The lowest BCUT2D eigenvalue weighted by atomic mass is 9.71. The van der Waals surface area contributed by atoms with E-state index < -0.39 is 11.5 Å². The molecule has 382 valence electrons. The monoisotopic (exact) mass is 1090 g/mol. The predicted octanol–water partition coefficient (Wildman–Crippen LogP) is 15.1. The summed E-state index contributed by atoms with van der Waals surface area (Å²) in [5, 5.41) is 0. The van der Waals surface area contributed by atoms with Gasteiger partial charge in [-0.05, 0) is 118 Å². The van der Waals surface area contributed by atoms with Crippen LogP contribution < -0.4 is 28.4 Å². The Kier molecular flexibility index (Phi) is 15.9. The molecule has 11 nitrogen and oxygen atoms in total. The minimum absolute atomic E-state index is 0.0810. The zero-order chi connectivity index (χ0) is 52.4. The van der Waals surface area contributed by atoms with Crippen LogP contribution in [0.4, 0.5) is 0 Å². The molecule has 0 fully saturated rings. The van der Waals surface area contributed by atoms with E-state index in [2.05, 4.69) is 166 Å². The van der Waals surface area contributed by atoms with Crippen molar-refractivity contribution in [1.82, 2.24) is 19.9 Å². The van der Waals surface area contributed by atoms with Crippen molar-refractivity contribution in [2.45, 2.75) is 156 Å². The maximum absolute atomic E-state index is 7.06. The first-order valence-corrected chi connectivity index (χ1v) is 27.1. The van der Waals surface area contributed by atoms with E-state index in [0.717, 1.165) is 51.8 Å². The normalized spacial score (nSPS) is 16.3. The molecular formula is C60H74IN5O6. The molecule has 0 N–H and O–H groups in total. The summed E-state index contributed by atoms with van der Waals surface area (Å²) in [5.74, 6) is 6.35. The van der Waals surface area contributed by atoms with E-state index in [1.807, 2.05) is 59.7 Å². The summed E-state index contributed by atoms with van der Waals surface area (Å²) in [4.78, 5) is 23.0. The fourth-order valence-electron chi connectivity index (χ4n) is 8.60. The second-order valence-electron chi connectivity index (χ2n) is 23.0. The van der Waals surface area contributed by atoms with E-state index in [9.17, 15) is 0 Å². The number of ether oxygens (including phenoxy) is 6. The molecule has 3 heterocycles. The number of aromatic nitrogens is 4. The highest BCUT2D eigenvalue weighted by Crippen LogP contribution is 2.45. The first-order valence-electron chi connectivity index (χ1n) is 24.8. The zero-order valence-corrected chi connectivity index (χ0v) is 47.6. The first kappa shape index (κ1) is 53.9. The van der Waals surface area contributed by atoms with Crippen molar-refractivity contribution >= 4 is 28.5 Å². The van der Waals surface area contributed by atoms with Crippen LogP contribution in [-0.2, 0) is 27.1 Å². The third kappa shape index (κ3) is 12.8. The zero-order valence-electron chi connectivity index (χ0n) is 45.4. The van der Waals surface area contributed by atoms with Gasteiger partial charge in [0, 0.05) is 40.3 Å². The van der Waals surface area contributed by atoms with Crippen molar-refractivity contribution in [3.05, 3.63) is 149 Å². The molecule has 0 saturated heterocycles. The van der Waals surface area contributed by atoms with E-state index in [-0.39, 0.29) is 48.5 Å². The molecule has 0 amide bonds. The Morgan fingerprint density at radius 1 is 0.625 bits per heavy atom. The maximum Gasteiger partial charge on any atom is 0.222 e. The highest BCUT2D eigenvalue weighted by molar-refractivity contribution is 14.2. The van der Waals surface area contributed by atoms with E-state index in [4.69, 9.17) is 33.4 Å². The van der Waals surface area contributed by atoms with Gasteiger partial charge in [-0.3, -0.25) is 0 Å². The van der Waals surface area contributed by atoms with Crippen LogP contribution in [-0.4, -0.2) is 40.9 Å². The van der Waals surface area contributed by atoms with E-state index in [0.29, 0.717) is 40.8 Å². The van der Waals surface area contributed by atoms with Crippen LogP contribution in [0.2, 0.25) is 0 Å². The van der Waals surface area contributed by atoms with Gasteiger partial charge in [0.1, 0.15) is 59.4 Å². The molecule has 0 radical (unpaired) electrons. The van der Waals surface area contributed by atoms with Gasteiger partial charge in [0.05, 0.1) is 22.7 Å². The highest BCUT2D eigenvalue weighted by atomic mass is 127. The van der Waals surface area contributed by atoms with Gasteiger partial charge >= 0.3 is 0 Å². The third-order valence-electron chi connectivity index (χ3n) is 13.7. The smallest absolute Gasteiger partial charge is 0.222 e. The van der Waals surface area contributed by atoms with Gasteiger partial charge in [0.2, 0.25) is 17.6 Å². The SMILES string of the molecule is COc1ccc(C(C)(C)C2C=CC(Oc3cc(C(C)(C)C(C)Oc4cc(C(C)(C)C)c(Oc5cc(C(C)Oc6ccc(OC7=CC(C)=IC=N7)cc6C(C)(C)C)ncn5)cc4C(C)(C)C)ncn3)=CC2)cc1. The van der Waals surface area contributed by atoms with Crippen LogP contribution in [0.25, 0.3) is 0 Å². The largest absolute Gasteiger partial charge is 0.497 e. The van der Waals surface area contributed by atoms with Crippen LogP contribution in [0.5, 0.6) is 40.5 Å². The van der Waals surface area contributed by atoms with Crippen LogP contribution in [0.3, 0.4) is 0 Å². The van der Waals surface area contributed by atoms with Crippen LogP contribution >= 0.6 is 20.7 Å². The lowest BCUT2D eigenvalue weighted by molar-refractivity contribution is 0.136. The second kappa shape index (κ2) is 21.3. The second-order valence-corrected chi connectivity index (χ2v) is 25.9. The van der Waals surface area contributed by atoms with Crippen molar-refractivity contribution in [3.8, 4) is 40.5 Å². The van der Waals surface area contributed by atoms with Crippen LogP contribution in [0.1, 0.15) is 157 Å². The molecule has 3 aromatic carbocycles. The molecule has 0 bridgehead atoms. The summed E-state index contributed by atoms with van der Waals surface area (Å²) in [6, 6.07) is 22.3. The lowest BCUT2D eigenvalue weighted by Crippen LogP contribution is -2.37. The molecule has 0 saturated carbocycles. The Morgan fingerprint density at radius 3 is 1.86 bits per heavy atom. The van der Waals surface area contributed by atoms with E-state index in [1.165, 1.54) is 15.4 Å². The minimum atomic E-state index is -0.544. The van der Waals surface area contributed by atoms with Crippen molar-refractivity contribution in [3.63, 3.8) is 0 Å². The third-order valence-corrected chi connectivity index (χ3v) is 15.5. The number of methoxy groups -OCH3 is 1. The highest BCUT2D eigenvalue weighted by Gasteiger charge is 2.36. The molecule has 7 rings (SSSR count). The Morgan fingerprint density at radius 2 is 1.24 bits per heavy atom. The predicted molar refractivity (Wildman–Crippen MR) is 299 cm³/mol. The fraction of sp³-hybridized carbons (Fsp3) is 0.433. The standard InChI is InChI=1S/C60H74IN5O6/c1-37-28-53(62-34-61-37)71-44-26-27-49(45(29-44)56(4,5)6)68-38(2)48-32-54(65-35-63-48)72-51-31-46(57(7,8)9)50(30-47(51)58(10,11)12)69-39(3)59(13,14)52-33-55(66-36-64-52)70-43-24-20-41(21-25-43)60(15,16)40-18-22-42(67-17)23-19-40/h18-20,22-36,38-39,41H,21H2,1-17H3. The van der Waals surface area contributed by atoms with Crippen LogP contribution in [0.15, 0.2) is 120 Å². The molecule has 0 spiro atoms. The Hall–Kier alpha value is -5.89. The van der Waals surface area contributed by atoms with Crippen molar-refractivity contribution in [2.75, 3.05) is 7.11 Å². The number of nitrogens with zero attached hydrogens (tertiary/aromatic N) is 5. The average Bonchev–Trinajstić information content (AvgIpc) is 3.31. The maximum atomic E-state index is 7.06. The Balaban J connectivity index is 1.08. The van der Waals surface area contributed by atoms with E-state index >= 15 is 0 Å². The summed E-state index contributed by atoms with van der Waals surface area (Å²) >= 11 is -0.158. The summed E-state index contributed by atoms with van der Waals surface area (Å²) in [6.07, 6.45) is 11.7. The molecule has 1 aliphatic heterocycles. The number of rotatable bonds is 16. The fourth-order valence-corrected chi connectivity index (χ4v) is 9.90. The summed E-state index contributed by atoms with van der Waals surface area (Å²) in [5.41, 5.74) is 4.25. The summed E-state index contributed by atoms with van der Waals surface area (Å²) in [7, 11) is 1.69. The molecular weight excluding hydrogens is 1010 g/mol. The number of hydrogen-bond donors (Lipinski definition) is 0. The summed E-state index contributed by atoms with van der Waals surface area (Å²) in [6.45, 7) is 34.6. The van der Waals surface area contributed by atoms with Crippen molar-refractivity contribution in [2.24, 2.45) is 10.9 Å². The van der Waals surface area contributed by atoms with Gasteiger partial charge in [0.25, 0.3) is 0 Å². The lowest BCUT2D eigenvalue weighted by Gasteiger charge is -2.35. The van der Waals surface area contributed by atoms with Gasteiger partial charge in [-0.15, -0.1) is 0 Å². The van der Waals surface area contributed by atoms with Gasteiger partial charge in [0.15, 0.2) is 0 Å². The molecule has 3 unspecified atom stereocenters. The van der Waals surface area contributed by atoms with Gasteiger partial charge in [-0.25, -0.2) is 24.9 Å². The molecule has 3 atom stereocenters. The topological polar surface area (TPSA) is 119 Å². The summed E-state index contributed by atoms with van der Waals surface area (Å²) < 4.78 is 41.8. The van der Waals surface area contributed by atoms with Gasteiger partial charge < -0.3 is 28.4 Å². The van der Waals surface area contributed by atoms with Crippen molar-refractivity contribution < 1.29 is 28.4 Å². The average molecular weight is 1090 g/mol. The van der Waals surface area contributed by atoms with Gasteiger partial charge in [-0.1, -0.05) is 129 Å². The molecule has 5 aromatic rings. The Bertz CT molecular complexity index is 2910. The molecule has 2 aliphatic rings. The number of allylic oxidation sites excluding steroid dienone is 4. The molecule has 12 heteroatoms. The number of hydrogen-bond acceptors (Lipinski definition) is 11. The quantitative estimate of drug-likeness (QED) is 0.0884. The van der Waals surface area contributed by atoms with E-state index in [1.54, 1.807) is 13.4 Å². The Labute approximate surface area is 438 Å². The van der Waals surface area contributed by atoms with Crippen LogP contribution in [0, 0.1) is 5.92 Å². The molecule has 72 heavy (non-hydrogen) atoms. The number of halogens is 1.